The van der Waals surface area contributed by atoms with Crippen LogP contribution in [0.5, 0.6) is 0 Å². The van der Waals surface area contributed by atoms with Gasteiger partial charge in [0.15, 0.2) is 0 Å². The standard InChI is InChI=1S/C18H18N2O2/c21-17(19-15-5-2-1-3-6-15)13-14-8-10-16(11-9-14)20-12-4-7-18(20)22/h1-3,5-6,8-11H,4,7,12-13H2,(H,19,21). The second-order valence-electron chi connectivity index (χ2n) is 5.41. The van der Waals surface area contributed by atoms with E-state index >= 15 is 0 Å². The molecule has 2 aromatic carbocycles. The Morgan fingerprint density at radius 3 is 2.41 bits per heavy atom. The van der Waals surface area contributed by atoms with E-state index in [1.165, 1.54) is 0 Å². The van der Waals surface area contributed by atoms with E-state index in [4.69, 9.17) is 0 Å². The van der Waals surface area contributed by atoms with Gasteiger partial charge in [-0.3, -0.25) is 9.59 Å². The lowest BCUT2D eigenvalue weighted by Gasteiger charge is -2.15. The third kappa shape index (κ3) is 3.34. The molecule has 1 saturated heterocycles. The van der Waals surface area contributed by atoms with Crippen molar-refractivity contribution >= 4 is 23.2 Å². The molecule has 1 aliphatic heterocycles. The summed E-state index contributed by atoms with van der Waals surface area (Å²) in [6.07, 6.45) is 1.87. The Bertz CT molecular complexity index is 665. The minimum Gasteiger partial charge on any atom is -0.326 e. The molecule has 0 spiro atoms. The largest absolute Gasteiger partial charge is 0.326 e. The van der Waals surface area contributed by atoms with Crippen molar-refractivity contribution < 1.29 is 9.59 Å². The van der Waals surface area contributed by atoms with Crippen molar-refractivity contribution in [2.75, 3.05) is 16.8 Å². The molecule has 0 radical (unpaired) electrons. The van der Waals surface area contributed by atoms with Gasteiger partial charge in [0.05, 0.1) is 6.42 Å². The molecule has 112 valence electrons. The van der Waals surface area contributed by atoms with E-state index in [1.807, 2.05) is 54.6 Å². The number of benzene rings is 2. The SMILES string of the molecule is O=C(Cc1ccc(N2CCCC2=O)cc1)Nc1ccccc1. The van der Waals surface area contributed by atoms with Crippen molar-refractivity contribution in [3.63, 3.8) is 0 Å². The minimum atomic E-state index is -0.0452. The molecule has 2 amide bonds. The van der Waals surface area contributed by atoms with Crippen molar-refractivity contribution in [3.05, 3.63) is 60.2 Å². The fraction of sp³-hybridized carbons (Fsp3) is 0.222. The molecule has 1 fully saturated rings. The van der Waals surface area contributed by atoms with Gasteiger partial charge in [0.1, 0.15) is 0 Å². The van der Waals surface area contributed by atoms with Gasteiger partial charge in [0.2, 0.25) is 11.8 Å². The highest BCUT2D eigenvalue weighted by atomic mass is 16.2. The summed E-state index contributed by atoms with van der Waals surface area (Å²) in [5.74, 6) is 0.130. The van der Waals surface area contributed by atoms with Crippen LogP contribution in [-0.4, -0.2) is 18.4 Å². The molecule has 2 aromatic rings. The number of carbonyl (C=O) groups excluding carboxylic acids is 2. The highest BCUT2D eigenvalue weighted by Crippen LogP contribution is 2.21. The molecule has 0 atom stereocenters. The molecule has 1 N–H and O–H groups in total. The van der Waals surface area contributed by atoms with E-state index in [9.17, 15) is 9.59 Å². The van der Waals surface area contributed by atoms with Crippen molar-refractivity contribution in [1.29, 1.82) is 0 Å². The third-order valence-electron chi connectivity index (χ3n) is 3.74. The zero-order chi connectivity index (χ0) is 15.4. The highest BCUT2D eigenvalue weighted by Gasteiger charge is 2.21. The number of amides is 2. The fourth-order valence-electron chi connectivity index (χ4n) is 2.63. The smallest absolute Gasteiger partial charge is 0.228 e. The monoisotopic (exact) mass is 294 g/mol. The number of nitrogens with zero attached hydrogens (tertiary/aromatic N) is 1. The number of hydrogen-bond donors (Lipinski definition) is 1. The number of rotatable bonds is 4. The maximum Gasteiger partial charge on any atom is 0.228 e. The van der Waals surface area contributed by atoms with Gasteiger partial charge < -0.3 is 10.2 Å². The average molecular weight is 294 g/mol. The summed E-state index contributed by atoms with van der Waals surface area (Å²) >= 11 is 0. The number of hydrogen-bond acceptors (Lipinski definition) is 2. The second kappa shape index (κ2) is 6.43. The van der Waals surface area contributed by atoms with E-state index in [0.717, 1.165) is 29.9 Å². The average Bonchev–Trinajstić information content (AvgIpc) is 2.95. The van der Waals surface area contributed by atoms with Crippen LogP contribution in [0, 0.1) is 0 Å². The summed E-state index contributed by atoms with van der Waals surface area (Å²) in [5, 5.41) is 2.86. The first-order chi connectivity index (χ1) is 10.7. The molecule has 0 aliphatic carbocycles. The molecule has 1 heterocycles. The Kier molecular flexibility index (Phi) is 4.19. The lowest BCUT2D eigenvalue weighted by Crippen LogP contribution is -2.23. The first-order valence-corrected chi connectivity index (χ1v) is 7.46. The molecule has 0 saturated carbocycles. The van der Waals surface area contributed by atoms with Crippen LogP contribution in [0.2, 0.25) is 0 Å². The molecule has 1 aliphatic rings. The van der Waals surface area contributed by atoms with E-state index in [-0.39, 0.29) is 11.8 Å². The number of anilines is 2. The first kappa shape index (κ1) is 14.3. The fourth-order valence-corrected chi connectivity index (χ4v) is 2.63. The number of nitrogens with one attached hydrogen (secondary N) is 1. The summed E-state index contributed by atoms with van der Waals surface area (Å²) in [5.41, 5.74) is 2.64. The van der Waals surface area contributed by atoms with Crippen molar-refractivity contribution in [2.24, 2.45) is 0 Å². The van der Waals surface area contributed by atoms with Gasteiger partial charge in [-0.15, -0.1) is 0 Å². The van der Waals surface area contributed by atoms with E-state index < -0.39 is 0 Å². The van der Waals surface area contributed by atoms with Gasteiger partial charge in [0, 0.05) is 24.3 Å². The van der Waals surface area contributed by atoms with Gasteiger partial charge in [-0.25, -0.2) is 0 Å². The first-order valence-electron chi connectivity index (χ1n) is 7.46. The van der Waals surface area contributed by atoms with E-state index in [0.29, 0.717) is 12.8 Å². The van der Waals surface area contributed by atoms with Crippen LogP contribution in [-0.2, 0) is 16.0 Å². The van der Waals surface area contributed by atoms with Crippen LogP contribution >= 0.6 is 0 Å². The molecular formula is C18H18N2O2. The maximum atomic E-state index is 12.0. The van der Waals surface area contributed by atoms with Gasteiger partial charge in [-0.2, -0.15) is 0 Å². The number of carbonyl (C=O) groups is 2. The quantitative estimate of drug-likeness (QED) is 0.942. The van der Waals surface area contributed by atoms with Crippen LogP contribution in [0.15, 0.2) is 54.6 Å². The van der Waals surface area contributed by atoms with Crippen LogP contribution in [0.4, 0.5) is 11.4 Å². The topological polar surface area (TPSA) is 49.4 Å². The molecule has 22 heavy (non-hydrogen) atoms. The zero-order valence-corrected chi connectivity index (χ0v) is 12.3. The van der Waals surface area contributed by atoms with Gasteiger partial charge in [0.25, 0.3) is 0 Å². The Labute approximate surface area is 129 Å². The van der Waals surface area contributed by atoms with Crippen molar-refractivity contribution in [2.45, 2.75) is 19.3 Å². The van der Waals surface area contributed by atoms with E-state index in [1.54, 1.807) is 4.90 Å². The van der Waals surface area contributed by atoms with Crippen LogP contribution in [0.3, 0.4) is 0 Å². The third-order valence-corrected chi connectivity index (χ3v) is 3.74. The molecule has 0 aromatic heterocycles. The lowest BCUT2D eigenvalue weighted by atomic mass is 10.1. The molecule has 4 nitrogen and oxygen atoms in total. The van der Waals surface area contributed by atoms with Crippen LogP contribution in [0.25, 0.3) is 0 Å². The Morgan fingerprint density at radius 2 is 1.77 bits per heavy atom. The highest BCUT2D eigenvalue weighted by molar-refractivity contribution is 5.95. The Balaban J connectivity index is 1.61. The Morgan fingerprint density at radius 1 is 1.05 bits per heavy atom. The predicted molar refractivity (Wildman–Crippen MR) is 86.8 cm³/mol. The summed E-state index contributed by atoms with van der Waals surface area (Å²) in [6.45, 7) is 0.784. The van der Waals surface area contributed by atoms with Gasteiger partial charge in [-0.05, 0) is 36.2 Å². The molecule has 3 rings (SSSR count). The molecule has 4 heteroatoms. The molecular weight excluding hydrogens is 276 g/mol. The van der Waals surface area contributed by atoms with Gasteiger partial charge in [-0.1, -0.05) is 30.3 Å². The minimum absolute atomic E-state index is 0.0452. The molecule has 0 bridgehead atoms. The Hall–Kier alpha value is -2.62. The predicted octanol–water partition coefficient (Wildman–Crippen LogP) is 2.99. The summed E-state index contributed by atoms with van der Waals surface area (Å²) in [4.78, 5) is 25.5. The lowest BCUT2D eigenvalue weighted by molar-refractivity contribution is -0.117. The maximum absolute atomic E-state index is 12.0. The summed E-state index contributed by atoms with van der Waals surface area (Å²) < 4.78 is 0. The van der Waals surface area contributed by atoms with Crippen molar-refractivity contribution in [1.82, 2.24) is 0 Å². The normalized spacial score (nSPS) is 14.2. The van der Waals surface area contributed by atoms with Crippen LogP contribution in [0.1, 0.15) is 18.4 Å². The zero-order valence-electron chi connectivity index (χ0n) is 12.3. The summed E-state index contributed by atoms with van der Waals surface area (Å²) in [7, 11) is 0. The molecule has 0 unspecified atom stereocenters. The van der Waals surface area contributed by atoms with Crippen molar-refractivity contribution in [3.8, 4) is 0 Å². The van der Waals surface area contributed by atoms with Gasteiger partial charge >= 0.3 is 0 Å². The number of para-hydroxylation sites is 1. The second-order valence-corrected chi connectivity index (χ2v) is 5.41. The summed E-state index contributed by atoms with van der Waals surface area (Å²) in [6, 6.07) is 17.0. The van der Waals surface area contributed by atoms with E-state index in [2.05, 4.69) is 5.32 Å². The van der Waals surface area contributed by atoms with Crippen LogP contribution < -0.4 is 10.2 Å².